The van der Waals surface area contributed by atoms with Gasteiger partial charge in [-0.2, -0.15) is 11.8 Å². The zero-order valence-electron chi connectivity index (χ0n) is 15.2. The van der Waals surface area contributed by atoms with Crippen LogP contribution in [0, 0.1) is 5.92 Å². The quantitative estimate of drug-likeness (QED) is 0.219. The zero-order chi connectivity index (χ0) is 20.3. The summed E-state index contributed by atoms with van der Waals surface area (Å²) in [6.45, 7) is 2.31. The van der Waals surface area contributed by atoms with Gasteiger partial charge in [-0.3, -0.25) is 14.4 Å². The molecule has 3 atom stereocenters. The van der Waals surface area contributed by atoms with Gasteiger partial charge in [-0.15, -0.1) is 0 Å². The van der Waals surface area contributed by atoms with E-state index in [1.165, 1.54) is 11.8 Å². The standard InChI is InChI=1S/C15H28N4O6S/c1-8(2)12(14(23)18-10(7-20)15(24)25)19-13(22)9(4-5-26-3)17-11(21)6-16/h8-10,12,20H,4-7,16H2,1-3H3,(H,17,21)(H,18,23)(H,19,22)(H,24,25). The highest BCUT2D eigenvalue weighted by molar-refractivity contribution is 7.98. The summed E-state index contributed by atoms with van der Waals surface area (Å²) < 4.78 is 0. The zero-order valence-corrected chi connectivity index (χ0v) is 16.0. The highest BCUT2D eigenvalue weighted by Gasteiger charge is 2.30. The molecule has 0 radical (unpaired) electrons. The van der Waals surface area contributed by atoms with Gasteiger partial charge in [-0.1, -0.05) is 13.8 Å². The molecule has 0 spiro atoms. The van der Waals surface area contributed by atoms with Crippen molar-refractivity contribution in [2.24, 2.45) is 11.7 Å². The highest BCUT2D eigenvalue weighted by Crippen LogP contribution is 2.06. The van der Waals surface area contributed by atoms with Gasteiger partial charge in [0.05, 0.1) is 13.2 Å². The summed E-state index contributed by atoms with van der Waals surface area (Å²) in [4.78, 5) is 47.2. The van der Waals surface area contributed by atoms with E-state index in [4.69, 9.17) is 15.9 Å². The van der Waals surface area contributed by atoms with Crippen LogP contribution in [-0.2, 0) is 19.2 Å². The smallest absolute Gasteiger partial charge is 0.328 e. The summed E-state index contributed by atoms with van der Waals surface area (Å²) in [5.74, 6) is -2.93. The summed E-state index contributed by atoms with van der Waals surface area (Å²) in [5, 5.41) is 25.1. The molecule has 150 valence electrons. The summed E-state index contributed by atoms with van der Waals surface area (Å²) in [6, 6.07) is -3.35. The molecule has 0 aliphatic carbocycles. The number of amides is 3. The number of aliphatic carboxylic acids is 1. The Hall–Kier alpha value is -1.85. The van der Waals surface area contributed by atoms with Gasteiger partial charge in [0.1, 0.15) is 18.1 Å². The second kappa shape index (κ2) is 12.5. The van der Waals surface area contributed by atoms with Crippen LogP contribution in [0.15, 0.2) is 0 Å². The molecule has 0 aliphatic rings. The lowest BCUT2D eigenvalue weighted by atomic mass is 10.0. The summed E-state index contributed by atoms with van der Waals surface area (Å²) in [6.07, 6.45) is 2.20. The molecular formula is C15H28N4O6S. The lowest BCUT2D eigenvalue weighted by Crippen LogP contribution is -2.58. The second-order valence-electron chi connectivity index (χ2n) is 5.92. The van der Waals surface area contributed by atoms with Gasteiger partial charge in [-0.05, 0) is 24.3 Å². The molecule has 0 saturated carbocycles. The average Bonchev–Trinajstić information content (AvgIpc) is 2.59. The van der Waals surface area contributed by atoms with Crippen molar-refractivity contribution < 1.29 is 29.4 Å². The normalized spacial score (nSPS) is 14.2. The van der Waals surface area contributed by atoms with E-state index in [1.54, 1.807) is 13.8 Å². The number of carboxylic acid groups (broad SMARTS) is 1. The number of carbonyl (C=O) groups is 4. The van der Waals surface area contributed by atoms with Gasteiger partial charge >= 0.3 is 5.97 Å². The first kappa shape index (κ1) is 24.1. The minimum absolute atomic E-state index is 0.270. The third-order valence-electron chi connectivity index (χ3n) is 3.49. The maximum atomic E-state index is 12.5. The molecule has 10 nitrogen and oxygen atoms in total. The molecule has 26 heavy (non-hydrogen) atoms. The Labute approximate surface area is 156 Å². The Morgan fingerprint density at radius 2 is 1.65 bits per heavy atom. The van der Waals surface area contributed by atoms with E-state index in [1.807, 2.05) is 6.26 Å². The van der Waals surface area contributed by atoms with Crippen LogP contribution in [0.25, 0.3) is 0 Å². The molecule has 0 aromatic carbocycles. The van der Waals surface area contributed by atoms with Crippen LogP contribution in [-0.4, -0.2) is 77.2 Å². The van der Waals surface area contributed by atoms with Gasteiger partial charge in [0, 0.05) is 0 Å². The molecule has 0 aromatic rings. The van der Waals surface area contributed by atoms with Crippen LogP contribution in [0.5, 0.6) is 0 Å². The van der Waals surface area contributed by atoms with Gasteiger partial charge in [0.2, 0.25) is 17.7 Å². The van der Waals surface area contributed by atoms with Gasteiger partial charge in [0.15, 0.2) is 0 Å². The van der Waals surface area contributed by atoms with E-state index < -0.39 is 48.4 Å². The fourth-order valence-electron chi connectivity index (χ4n) is 1.99. The number of hydrogen-bond donors (Lipinski definition) is 6. The Morgan fingerprint density at radius 3 is 2.08 bits per heavy atom. The van der Waals surface area contributed by atoms with Crippen molar-refractivity contribution in [3.63, 3.8) is 0 Å². The van der Waals surface area contributed by atoms with E-state index in [0.29, 0.717) is 12.2 Å². The fraction of sp³-hybridized carbons (Fsp3) is 0.733. The SMILES string of the molecule is CSCCC(NC(=O)CN)C(=O)NC(C(=O)NC(CO)C(=O)O)C(C)C. The van der Waals surface area contributed by atoms with Crippen LogP contribution in [0.3, 0.4) is 0 Å². The highest BCUT2D eigenvalue weighted by atomic mass is 32.2. The lowest BCUT2D eigenvalue weighted by molar-refractivity contribution is -0.143. The number of carbonyl (C=O) groups excluding carboxylic acids is 3. The molecular weight excluding hydrogens is 364 g/mol. The van der Waals surface area contributed by atoms with Gasteiger partial charge in [0.25, 0.3) is 0 Å². The van der Waals surface area contributed by atoms with Crippen molar-refractivity contribution in [2.75, 3.05) is 25.2 Å². The van der Waals surface area contributed by atoms with E-state index in [2.05, 4.69) is 16.0 Å². The number of aliphatic hydroxyl groups is 1. The van der Waals surface area contributed by atoms with Crippen molar-refractivity contribution in [3.05, 3.63) is 0 Å². The monoisotopic (exact) mass is 392 g/mol. The predicted octanol–water partition coefficient (Wildman–Crippen LogP) is -2.11. The third-order valence-corrected chi connectivity index (χ3v) is 4.14. The first-order valence-electron chi connectivity index (χ1n) is 8.10. The van der Waals surface area contributed by atoms with Crippen LogP contribution in [0.4, 0.5) is 0 Å². The van der Waals surface area contributed by atoms with Crippen molar-refractivity contribution in [3.8, 4) is 0 Å². The Bertz CT molecular complexity index is 503. The van der Waals surface area contributed by atoms with E-state index >= 15 is 0 Å². The van der Waals surface area contributed by atoms with Gasteiger partial charge in [-0.25, -0.2) is 4.79 Å². The molecule has 7 N–H and O–H groups in total. The first-order valence-corrected chi connectivity index (χ1v) is 9.50. The molecule has 0 aliphatic heterocycles. The third kappa shape index (κ3) is 8.50. The first-order chi connectivity index (χ1) is 12.2. The second-order valence-corrected chi connectivity index (χ2v) is 6.90. The molecule has 0 saturated heterocycles. The predicted molar refractivity (Wildman–Crippen MR) is 97.4 cm³/mol. The molecule has 0 rings (SSSR count). The molecule has 0 fully saturated rings. The van der Waals surface area contributed by atoms with Crippen molar-refractivity contribution in [2.45, 2.75) is 38.4 Å². The van der Waals surface area contributed by atoms with Crippen molar-refractivity contribution in [1.82, 2.24) is 16.0 Å². The number of rotatable bonds is 12. The van der Waals surface area contributed by atoms with Gasteiger partial charge < -0.3 is 31.9 Å². The van der Waals surface area contributed by atoms with E-state index in [-0.39, 0.29) is 12.5 Å². The number of carboxylic acids is 1. The Kier molecular flexibility index (Phi) is 11.6. The van der Waals surface area contributed by atoms with E-state index in [9.17, 15) is 19.2 Å². The van der Waals surface area contributed by atoms with E-state index in [0.717, 1.165) is 0 Å². The summed E-state index contributed by atoms with van der Waals surface area (Å²) in [7, 11) is 0. The molecule has 3 amide bonds. The van der Waals surface area contributed by atoms with Crippen LogP contribution >= 0.6 is 11.8 Å². The number of hydrogen-bond acceptors (Lipinski definition) is 7. The number of aliphatic hydroxyl groups excluding tert-OH is 1. The minimum Gasteiger partial charge on any atom is -0.480 e. The van der Waals surface area contributed by atoms with Crippen LogP contribution in [0.1, 0.15) is 20.3 Å². The number of nitrogens with one attached hydrogen (secondary N) is 3. The maximum absolute atomic E-state index is 12.5. The largest absolute Gasteiger partial charge is 0.480 e. The Morgan fingerprint density at radius 1 is 1.04 bits per heavy atom. The minimum atomic E-state index is -1.47. The summed E-state index contributed by atoms with van der Waals surface area (Å²) in [5.41, 5.74) is 5.25. The van der Waals surface area contributed by atoms with Crippen molar-refractivity contribution in [1.29, 1.82) is 0 Å². The topological polar surface area (TPSA) is 171 Å². The molecule has 11 heteroatoms. The van der Waals surface area contributed by atoms with Crippen LogP contribution in [0.2, 0.25) is 0 Å². The lowest BCUT2D eigenvalue weighted by Gasteiger charge is -2.26. The molecule has 0 heterocycles. The molecule has 0 aromatic heterocycles. The number of thioether (sulfide) groups is 1. The molecule has 3 unspecified atom stereocenters. The molecule has 0 bridgehead atoms. The summed E-state index contributed by atoms with van der Waals surface area (Å²) >= 11 is 1.49. The maximum Gasteiger partial charge on any atom is 0.328 e. The average molecular weight is 392 g/mol. The van der Waals surface area contributed by atoms with Crippen LogP contribution < -0.4 is 21.7 Å². The number of nitrogens with two attached hydrogens (primary N) is 1. The van der Waals surface area contributed by atoms with Crippen molar-refractivity contribution >= 4 is 35.5 Å². The Balaban J connectivity index is 5.12. The fourth-order valence-corrected chi connectivity index (χ4v) is 2.46.